The van der Waals surface area contributed by atoms with Crippen LogP contribution in [-0.2, 0) is 16.4 Å². The number of aryl methyl sites for hydroxylation is 1. The van der Waals surface area contributed by atoms with Crippen molar-refractivity contribution in [3.63, 3.8) is 0 Å². The van der Waals surface area contributed by atoms with Crippen LogP contribution >= 0.6 is 0 Å². The van der Waals surface area contributed by atoms with Gasteiger partial charge in [-0.3, -0.25) is 14.1 Å². The van der Waals surface area contributed by atoms with Gasteiger partial charge in [-0.05, 0) is 57.0 Å². The van der Waals surface area contributed by atoms with Gasteiger partial charge < -0.3 is 20.3 Å². The Morgan fingerprint density at radius 2 is 1.74 bits per heavy atom. The van der Waals surface area contributed by atoms with Gasteiger partial charge >= 0.3 is 0 Å². The van der Waals surface area contributed by atoms with Gasteiger partial charge in [-0.1, -0.05) is 12.1 Å². The molecule has 0 amide bonds. The second kappa shape index (κ2) is 11.8. The van der Waals surface area contributed by atoms with Gasteiger partial charge in [0, 0.05) is 75.4 Å². The van der Waals surface area contributed by atoms with Crippen LogP contribution in [0.4, 0.5) is 34.5 Å². The summed E-state index contributed by atoms with van der Waals surface area (Å²) in [6, 6.07) is 12.6. The van der Waals surface area contributed by atoms with Gasteiger partial charge in [-0.2, -0.15) is 4.98 Å². The molecule has 3 aliphatic heterocycles. The minimum Gasteiger partial charge on any atom is -0.494 e. The van der Waals surface area contributed by atoms with Crippen molar-refractivity contribution in [3.8, 4) is 5.75 Å². The van der Waals surface area contributed by atoms with E-state index in [1.165, 1.54) is 10.6 Å². The molecule has 3 aromatic rings. The third-order valence-electron chi connectivity index (χ3n) is 9.06. The lowest BCUT2D eigenvalue weighted by Gasteiger charge is -2.42. The zero-order chi connectivity index (χ0) is 30.3. The molecular formula is C31H42N8O3S. The van der Waals surface area contributed by atoms with Crippen molar-refractivity contribution < 1.29 is 13.2 Å². The molecule has 0 spiro atoms. The smallest absolute Gasteiger partial charge is 0.236 e. The number of nitrogen functional groups attached to an aromatic ring is 1. The molecule has 0 atom stereocenters. The summed E-state index contributed by atoms with van der Waals surface area (Å²) < 4.78 is 33.2. The molecule has 1 aromatic heterocycles. The van der Waals surface area contributed by atoms with E-state index in [0.717, 1.165) is 68.9 Å². The molecule has 12 heteroatoms. The average Bonchev–Trinajstić information content (AvgIpc) is 3.46. The SMILES string of the molecule is COc1cc(N2CCC(N3CCN(C)CC3)CC2)ccc1N(c1ncc(C)c(N)n1)c1cccc2c1N(S(C)(=O)=O)CC2. The predicted molar refractivity (Wildman–Crippen MR) is 173 cm³/mol. The van der Waals surface area contributed by atoms with Crippen LogP contribution in [0.2, 0.25) is 0 Å². The molecule has 0 aliphatic carbocycles. The maximum absolute atomic E-state index is 12.8. The van der Waals surface area contributed by atoms with Gasteiger partial charge in [0.25, 0.3) is 0 Å². The molecule has 0 unspecified atom stereocenters. The number of hydrogen-bond donors (Lipinski definition) is 1. The fraction of sp³-hybridized carbons (Fsp3) is 0.484. The summed E-state index contributed by atoms with van der Waals surface area (Å²) in [6.07, 6.45) is 5.82. The number of hydrogen-bond acceptors (Lipinski definition) is 10. The first kappa shape index (κ1) is 29.5. The van der Waals surface area contributed by atoms with Crippen molar-refractivity contribution in [3.05, 3.63) is 53.7 Å². The maximum Gasteiger partial charge on any atom is 0.236 e. The number of ether oxygens (including phenoxy) is 1. The molecule has 2 fully saturated rings. The van der Waals surface area contributed by atoms with E-state index in [-0.39, 0.29) is 0 Å². The lowest BCUT2D eigenvalue weighted by Crippen LogP contribution is -2.52. The number of para-hydroxylation sites is 1. The second-order valence-corrected chi connectivity index (χ2v) is 13.8. The van der Waals surface area contributed by atoms with E-state index in [4.69, 9.17) is 10.5 Å². The number of rotatable bonds is 7. The van der Waals surface area contributed by atoms with Crippen molar-refractivity contribution in [2.45, 2.75) is 32.2 Å². The molecular weight excluding hydrogens is 564 g/mol. The molecule has 6 rings (SSSR count). The summed E-state index contributed by atoms with van der Waals surface area (Å²) in [4.78, 5) is 18.6. The zero-order valence-corrected chi connectivity index (χ0v) is 26.3. The fourth-order valence-corrected chi connectivity index (χ4v) is 7.50. The number of likely N-dealkylation sites (N-methyl/N-ethyl adjacent to an activating group) is 1. The van der Waals surface area contributed by atoms with Gasteiger partial charge in [0.1, 0.15) is 11.6 Å². The highest BCUT2D eigenvalue weighted by Gasteiger charge is 2.33. The number of nitrogens with two attached hydrogens (primary N) is 1. The Morgan fingerprint density at radius 1 is 1.00 bits per heavy atom. The molecule has 0 bridgehead atoms. The van der Waals surface area contributed by atoms with Crippen LogP contribution < -0.4 is 24.6 Å². The first-order valence-corrected chi connectivity index (χ1v) is 16.8. The minimum absolute atomic E-state index is 0.343. The molecule has 43 heavy (non-hydrogen) atoms. The van der Waals surface area contributed by atoms with Gasteiger partial charge in [0.05, 0.1) is 30.4 Å². The Labute approximate surface area is 254 Å². The number of benzene rings is 2. The average molecular weight is 607 g/mol. The lowest BCUT2D eigenvalue weighted by molar-refractivity contribution is 0.0982. The van der Waals surface area contributed by atoms with Crippen molar-refractivity contribution in [1.29, 1.82) is 0 Å². The monoisotopic (exact) mass is 606 g/mol. The number of aromatic nitrogens is 2. The van der Waals surface area contributed by atoms with E-state index in [2.05, 4.69) is 43.8 Å². The predicted octanol–water partition coefficient (Wildman–Crippen LogP) is 3.38. The number of anilines is 6. The van der Waals surface area contributed by atoms with E-state index in [1.807, 2.05) is 36.1 Å². The molecule has 3 aliphatic rings. The highest BCUT2D eigenvalue weighted by molar-refractivity contribution is 7.92. The second-order valence-electron chi connectivity index (χ2n) is 11.9. The number of piperidine rings is 1. The van der Waals surface area contributed by atoms with Gasteiger partial charge in [-0.15, -0.1) is 0 Å². The highest BCUT2D eigenvalue weighted by Crippen LogP contribution is 2.47. The van der Waals surface area contributed by atoms with Gasteiger partial charge in [0.15, 0.2) is 0 Å². The molecule has 2 aromatic carbocycles. The maximum atomic E-state index is 12.8. The van der Waals surface area contributed by atoms with Crippen LogP contribution in [0.3, 0.4) is 0 Å². The Morgan fingerprint density at radius 3 is 2.42 bits per heavy atom. The van der Waals surface area contributed by atoms with E-state index >= 15 is 0 Å². The van der Waals surface area contributed by atoms with E-state index in [1.54, 1.807) is 13.3 Å². The minimum atomic E-state index is -3.51. The standard InChI is InChI=1S/C31H42N8O3S/c1-22-21-33-31(34-30(22)32)39(27-7-5-6-23-10-15-38(29(23)27)43(4,40)41)26-9-8-25(20-28(26)42-3)36-13-11-24(12-14-36)37-18-16-35(2)17-19-37/h5-9,20-21,24H,10-19H2,1-4H3,(H2,32,33,34). The molecule has 230 valence electrons. The Hall–Kier alpha value is -3.61. The number of nitrogens with zero attached hydrogens (tertiary/aromatic N) is 7. The van der Waals surface area contributed by atoms with Crippen molar-refractivity contribution in [1.82, 2.24) is 19.8 Å². The fourth-order valence-electron chi connectivity index (χ4n) is 6.54. The van der Waals surface area contributed by atoms with Crippen molar-refractivity contribution in [2.75, 3.05) is 86.1 Å². The summed E-state index contributed by atoms with van der Waals surface area (Å²) >= 11 is 0. The topological polar surface area (TPSA) is 111 Å². The highest BCUT2D eigenvalue weighted by atomic mass is 32.2. The summed E-state index contributed by atoms with van der Waals surface area (Å²) in [5, 5.41) is 0. The lowest BCUT2D eigenvalue weighted by atomic mass is 10.0. The Balaban J connectivity index is 1.36. The first-order chi connectivity index (χ1) is 20.6. The van der Waals surface area contributed by atoms with E-state index in [0.29, 0.717) is 53.6 Å². The van der Waals surface area contributed by atoms with Gasteiger partial charge in [-0.25, -0.2) is 13.4 Å². The Kier molecular flexibility index (Phi) is 8.10. The quantitative estimate of drug-likeness (QED) is 0.430. The number of sulfonamides is 1. The summed E-state index contributed by atoms with van der Waals surface area (Å²) in [5.74, 6) is 1.35. The molecule has 2 saturated heterocycles. The first-order valence-electron chi connectivity index (χ1n) is 15.0. The van der Waals surface area contributed by atoms with Crippen LogP contribution in [0, 0.1) is 6.92 Å². The normalized spacial score (nSPS) is 18.6. The largest absolute Gasteiger partial charge is 0.494 e. The van der Waals surface area contributed by atoms with Crippen LogP contribution in [0.15, 0.2) is 42.6 Å². The van der Waals surface area contributed by atoms with E-state index in [9.17, 15) is 8.42 Å². The summed E-state index contributed by atoms with van der Waals surface area (Å²) in [7, 11) is 0.349. The molecule has 0 saturated carbocycles. The van der Waals surface area contributed by atoms with Crippen molar-refractivity contribution in [2.24, 2.45) is 0 Å². The molecule has 0 radical (unpaired) electrons. The third-order valence-corrected chi connectivity index (χ3v) is 10.2. The number of piperazine rings is 1. The van der Waals surface area contributed by atoms with Crippen LogP contribution in [0.5, 0.6) is 5.75 Å². The zero-order valence-electron chi connectivity index (χ0n) is 25.5. The van der Waals surface area contributed by atoms with E-state index < -0.39 is 10.0 Å². The molecule has 4 heterocycles. The number of fused-ring (bicyclic) bond motifs is 1. The van der Waals surface area contributed by atoms with Crippen LogP contribution in [0.1, 0.15) is 24.0 Å². The summed E-state index contributed by atoms with van der Waals surface area (Å²) in [5.41, 5.74) is 11.1. The third kappa shape index (κ3) is 5.83. The van der Waals surface area contributed by atoms with Gasteiger partial charge in [0.2, 0.25) is 16.0 Å². The van der Waals surface area contributed by atoms with Crippen LogP contribution in [0.25, 0.3) is 0 Å². The summed E-state index contributed by atoms with van der Waals surface area (Å²) in [6.45, 7) is 8.77. The van der Waals surface area contributed by atoms with Crippen LogP contribution in [-0.4, -0.2) is 100 Å². The molecule has 2 N–H and O–H groups in total. The Bertz CT molecular complexity index is 1580. The molecule has 11 nitrogen and oxygen atoms in total. The number of methoxy groups -OCH3 is 1. The van der Waals surface area contributed by atoms with Crippen molar-refractivity contribution >= 4 is 44.5 Å².